The highest BCUT2D eigenvalue weighted by Crippen LogP contribution is 2.35. The van der Waals surface area contributed by atoms with Gasteiger partial charge in [0.15, 0.2) is 8.24 Å². The Morgan fingerprint density at radius 2 is 1.19 bits per heavy atom. The molecule has 0 saturated heterocycles. The van der Waals surface area contributed by atoms with E-state index in [4.69, 9.17) is 0 Å². The molecule has 1 atom stereocenters. The van der Waals surface area contributed by atoms with Gasteiger partial charge in [-0.1, -0.05) is 0 Å². The summed E-state index contributed by atoms with van der Waals surface area (Å²) in [5.74, 6) is 0. The first-order chi connectivity index (χ1) is 8.80. The Morgan fingerprint density at radius 3 is 1.38 bits per heavy atom. The van der Waals surface area contributed by atoms with E-state index in [2.05, 4.69) is 4.03 Å². The van der Waals surface area contributed by atoms with Crippen molar-refractivity contribution in [3.8, 4) is 0 Å². The molecule has 21 heavy (non-hydrogen) atoms. The average Bonchev–Trinajstić information content (AvgIpc) is 2.05. The molecule has 0 N–H and O–H groups in total. The van der Waals surface area contributed by atoms with Crippen LogP contribution in [0.2, 0.25) is 19.6 Å². The predicted octanol–water partition coefficient (Wildman–Crippen LogP) is 4.29. The molecule has 0 aliphatic rings. The van der Waals surface area contributed by atoms with Gasteiger partial charge in [0.1, 0.15) is 0 Å². The van der Waals surface area contributed by atoms with Gasteiger partial charge in [-0.3, -0.25) is 4.03 Å². The molecule has 0 spiro atoms. The van der Waals surface area contributed by atoms with E-state index in [1.165, 1.54) is 4.40 Å². The molecule has 0 aromatic carbocycles. The summed E-state index contributed by atoms with van der Waals surface area (Å²) in [6.45, 7) is 3.15. The van der Waals surface area contributed by atoms with Gasteiger partial charge in [0.2, 0.25) is 15.6 Å². The monoisotopic (exact) mass is 368 g/mol. The van der Waals surface area contributed by atoms with E-state index >= 15 is 0 Å². The van der Waals surface area contributed by atoms with Gasteiger partial charge in [-0.15, -0.1) is 0 Å². The minimum Gasteiger partial charge on any atom is -0.253 e. The van der Waals surface area contributed by atoms with Crippen LogP contribution in [0.1, 0.15) is 0 Å². The quantitative estimate of drug-likeness (QED) is 0.407. The molecule has 3 nitrogen and oxygen atoms in total. The van der Waals surface area contributed by atoms with Gasteiger partial charge < -0.3 is 0 Å². The Hall–Kier alpha value is -0.793. The maximum atomic E-state index is 12.6. The number of hydrogen-bond acceptors (Lipinski definition) is 2. The highest BCUT2D eigenvalue weighted by Gasteiger charge is 2.56. The van der Waals surface area contributed by atoms with Crippen molar-refractivity contribution < 1.29 is 43.7 Å². The van der Waals surface area contributed by atoms with E-state index in [-0.39, 0.29) is 0 Å². The van der Waals surface area contributed by atoms with Crippen molar-refractivity contribution in [1.82, 2.24) is 0 Å². The fourth-order valence-electron chi connectivity index (χ4n) is 0.883. The molecule has 0 amide bonds. The summed E-state index contributed by atoms with van der Waals surface area (Å²) in [5.41, 5.74) is -9.70. The van der Waals surface area contributed by atoms with Crippen LogP contribution in [0.5, 0.6) is 0 Å². The lowest BCUT2D eigenvalue weighted by atomic mass is 10.4. The minimum absolute atomic E-state index is 1.05. The average molecular weight is 368 g/mol. The first kappa shape index (κ1) is 20.2. The Kier molecular flexibility index (Phi) is 5.24. The molecule has 1 unspecified atom stereocenters. The summed E-state index contributed by atoms with van der Waals surface area (Å²) in [6.07, 6.45) is -12.5. The molecule has 0 rings (SSSR count). The van der Waals surface area contributed by atoms with Gasteiger partial charge in [0, 0.05) is 0 Å². The van der Waals surface area contributed by atoms with E-state index in [0.29, 0.717) is 0 Å². The smallest absolute Gasteiger partial charge is 0.253 e. The van der Waals surface area contributed by atoms with E-state index < -0.39 is 41.7 Å². The second kappa shape index (κ2) is 5.44. The summed E-state index contributed by atoms with van der Waals surface area (Å²) in [4.78, 5) is 0. The fourth-order valence-corrected chi connectivity index (χ4v) is 4.99. The standard InChI is InChI=1S/C7H9F9N2OSSi/c1-21(2,3)18-20(19,7(14,15)16)17-4(5(8,9)10)6(11,12)13/h1-3H3. The first-order valence-electron chi connectivity index (χ1n) is 4.88. The molecule has 0 aromatic rings. The first-order valence-corrected chi connectivity index (χ1v) is 9.80. The maximum Gasteiger partial charge on any atom is 0.498 e. The van der Waals surface area contributed by atoms with Crippen molar-refractivity contribution in [2.24, 2.45) is 8.43 Å². The van der Waals surface area contributed by atoms with Crippen LogP contribution in [0.4, 0.5) is 39.5 Å². The van der Waals surface area contributed by atoms with Gasteiger partial charge in [0.05, 0.1) is 0 Å². The third kappa shape index (κ3) is 5.84. The molecule has 0 fully saturated rings. The summed E-state index contributed by atoms with van der Waals surface area (Å²) < 4.78 is 126. The Balaban J connectivity index is 6.58. The lowest BCUT2D eigenvalue weighted by molar-refractivity contribution is -0.117. The summed E-state index contributed by atoms with van der Waals surface area (Å²) in [5, 5.41) is 0. The van der Waals surface area contributed by atoms with Crippen molar-refractivity contribution in [1.29, 1.82) is 0 Å². The lowest BCUT2D eigenvalue weighted by Crippen LogP contribution is -2.39. The van der Waals surface area contributed by atoms with Gasteiger partial charge in [-0.25, -0.2) is 4.21 Å². The number of nitrogens with zero attached hydrogens (tertiary/aromatic N) is 2. The number of rotatable bonds is 2. The highest BCUT2D eigenvalue weighted by molar-refractivity contribution is 7.94. The van der Waals surface area contributed by atoms with Gasteiger partial charge in [-0.05, 0) is 19.6 Å². The zero-order valence-electron chi connectivity index (χ0n) is 10.6. The molecule has 0 aromatic heterocycles. The number of hydrogen-bond donors (Lipinski definition) is 0. The lowest BCUT2D eigenvalue weighted by Gasteiger charge is -2.18. The number of alkyl halides is 9. The molecule has 0 aliphatic heterocycles. The molecule has 0 heterocycles. The fraction of sp³-hybridized carbons (Fsp3) is 0.857. The minimum atomic E-state index is -6.25. The third-order valence-electron chi connectivity index (χ3n) is 1.45. The largest absolute Gasteiger partial charge is 0.498 e. The van der Waals surface area contributed by atoms with Gasteiger partial charge >= 0.3 is 17.9 Å². The zero-order chi connectivity index (χ0) is 17.5. The number of halogens is 9. The molecular formula is C7H9F9N2OSSi. The van der Waals surface area contributed by atoms with Crippen LogP contribution in [0.15, 0.2) is 8.43 Å². The SMILES string of the molecule is C[Si](C)(C)N=S(=O)(N=C(C(F)(F)F)C(F)(F)F)C(F)(F)F. The van der Waals surface area contributed by atoms with Crippen LogP contribution in [-0.2, 0) is 9.92 Å². The molecule has 126 valence electrons. The Bertz CT molecular complexity index is 514. The molecule has 14 heteroatoms. The van der Waals surface area contributed by atoms with Crippen molar-refractivity contribution >= 4 is 23.9 Å². The highest BCUT2D eigenvalue weighted by atomic mass is 32.2. The predicted molar refractivity (Wildman–Crippen MR) is 59.5 cm³/mol. The normalized spacial score (nSPS) is 17.1. The second-order valence-corrected chi connectivity index (χ2v) is 11.4. The van der Waals surface area contributed by atoms with Crippen LogP contribution >= 0.6 is 0 Å². The summed E-state index contributed by atoms with van der Waals surface area (Å²) in [6, 6.07) is 0. The van der Waals surface area contributed by atoms with E-state index in [0.717, 1.165) is 19.6 Å². The third-order valence-corrected chi connectivity index (χ3v) is 5.66. The van der Waals surface area contributed by atoms with E-state index in [1.807, 2.05) is 0 Å². The second-order valence-electron chi connectivity index (χ2n) is 4.64. The molecule has 0 aliphatic carbocycles. The van der Waals surface area contributed by atoms with Crippen LogP contribution in [0, 0.1) is 0 Å². The summed E-state index contributed by atoms with van der Waals surface area (Å²) >= 11 is 0. The van der Waals surface area contributed by atoms with Gasteiger partial charge in [0.25, 0.3) is 0 Å². The van der Waals surface area contributed by atoms with Crippen molar-refractivity contribution in [3.63, 3.8) is 0 Å². The zero-order valence-corrected chi connectivity index (χ0v) is 12.4. The summed E-state index contributed by atoms with van der Waals surface area (Å²) in [7, 11) is -9.39. The molecule has 0 bridgehead atoms. The molecule has 0 saturated carbocycles. The Morgan fingerprint density at radius 1 is 0.857 bits per heavy atom. The molecule has 0 radical (unpaired) electrons. The van der Waals surface area contributed by atoms with Crippen molar-refractivity contribution in [2.75, 3.05) is 0 Å². The van der Waals surface area contributed by atoms with Crippen LogP contribution in [-0.4, -0.2) is 36.0 Å². The van der Waals surface area contributed by atoms with Crippen LogP contribution in [0.3, 0.4) is 0 Å². The van der Waals surface area contributed by atoms with Crippen LogP contribution < -0.4 is 0 Å². The van der Waals surface area contributed by atoms with E-state index in [9.17, 15) is 43.7 Å². The van der Waals surface area contributed by atoms with Gasteiger partial charge in [-0.2, -0.15) is 43.9 Å². The van der Waals surface area contributed by atoms with Crippen LogP contribution in [0.25, 0.3) is 0 Å². The van der Waals surface area contributed by atoms with E-state index in [1.54, 1.807) is 0 Å². The Labute approximate surface area is 114 Å². The topological polar surface area (TPSA) is 41.8 Å². The molecular weight excluding hydrogens is 359 g/mol. The van der Waals surface area contributed by atoms with Crippen molar-refractivity contribution in [2.45, 2.75) is 37.5 Å². The maximum absolute atomic E-state index is 12.6. The van der Waals surface area contributed by atoms with Crippen molar-refractivity contribution in [3.05, 3.63) is 0 Å².